The van der Waals surface area contributed by atoms with E-state index in [-0.39, 0.29) is 34.7 Å². The van der Waals surface area contributed by atoms with Gasteiger partial charge in [0.2, 0.25) is 0 Å². The van der Waals surface area contributed by atoms with Crippen LogP contribution in [0.2, 0.25) is 0 Å². The van der Waals surface area contributed by atoms with Gasteiger partial charge in [-0.1, -0.05) is 25.5 Å². The van der Waals surface area contributed by atoms with Gasteiger partial charge in [-0.15, -0.1) is 0 Å². The summed E-state index contributed by atoms with van der Waals surface area (Å²) >= 11 is 0. The molecule has 1 saturated carbocycles. The van der Waals surface area contributed by atoms with Crippen LogP contribution in [0.3, 0.4) is 0 Å². The quantitative estimate of drug-likeness (QED) is 0.704. The minimum Gasteiger partial charge on any atom is -0.300 e. The molecule has 0 aliphatic heterocycles. The molecule has 0 radical (unpaired) electrons. The summed E-state index contributed by atoms with van der Waals surface area (Å²) in [5.74, 6) is 0.496. The Labute approximate surface area is 104 Å². The average Bonchev–Trinajstić information content (AvgIpc) is 2.35. The van der Waals surface area contributed by atoms with E-state index in [0.29, 0.717) is 0 Å². The SMILES string of the molecule is CC(=O)C1CC(C)(C)C(C(C)=O)C1C=C(C)C. The first-order valence-corrected chi connectivity index (χ1v) is 6.32. The first kappa shape index (κ1) is 14.1. The number of carbonyl (C=O) groups excluding carboxylic acids is 2. The molecule has 3 atom stereocenters. The summed E-state index contributed by atoms with van der Waals surface area (Å²) in [7, 11) is 0. The van der Waals surface area contributed by atoms with Crippen LogP contribution in [0.25, 0.3) is 0 Å². The standard InChI is InChI=1S/C15H24O2/c1-9(2)7-12-13(10(3)16)8-15(5,6)14(12)11(4)17/h7,12-14H,8H2,1-6H3. The summed E-state index contributed by atoms with van der Waals surface area (Å²) < 4.78 is 0. The fourth-order valence-electron chi connectivity index (χ4n) is 3.42. The summed E-state index contributed by atoms with van der Waals surface area (Å²) in [4.78, 5) is 23.6. The molecule has 0 amide bonds. The van der Waals surface area contributed by atoms with E-state index < -0.39 is 0 Å². The Morgan fingerprint density at radius 2 is 1.59 bits per heavy atom. The average molecular weight is 236 g/mol. The molecule has 0 aromatic carbocycles. The number of Topliss-reactive ketones (excluding diaryl/α,β-unsaturated/α-hetero) is 2. The molecular formula is C15H24O2. The maximum atomic E-state index is 11.9. The van der Waals surface area contributed by atoms with Gasteiger partial charge in [-0.25, -0.2) is 0 Å². The lowest BCUT2D eigenvalue weighted by Crippen LogP contribution is -2.29. The van der Waals surface area contributed by atoms with Crippen molar-refractivity contribution >= 4 is 11.6 Å². The molecule has 0 spiro atoms. The van der Waals surface area contributed by atoms with Crippen LogP contribution >= 0.6 is 0 Å². The van der Waals surface area contributed by atoms with Gasteiger partial charge < -0.3 is 0 Å². The molecule has 0 aromatic heterocycles. The van der Waals surface area contributed by atoms with Crippen LogP contribution in [0.4, 0.5) is 0 Å². The summed E-state index contributed by atoms with van der Waals surface area (Å²) in [6.45, 7) is 11.6. The Hall–Kier alpha value is -0.920. The molecule has 17 heavy (non-hydrogen) atoms. The van der Waals surface area contributed by atoms with Crippen molar-refractivity contribution in [2.45, 2.75) is 48.0 Å². The van der Waals surface area contributed by atoms with Crippen molar-refractivity contribution in [2.75, 3.05) is 0 Å². The second-order valence-corrected chi connectivity index (χ2v) is 6.32. The Balaban J connectivity index is 3.19. The number of rotatable bonds is 3. The molecule has 1 fully saturated rings. The molecule has 1 aliphatic carbocycles. The highest BCUT2D eigenvalue weighted by molar-refractivity contribution is 5.85. The molecule has 0 saturated heterocycles. The van der Waals surface area contributed by atoms with Gasteiger partial charge in [0, 0.05) is 11.8 Å². The Kier molecular flexibility index (Phi) is 3.95. The van der Waals surface area contributed by atoms with E-state index in [1.54, 1.807) is 13.8 Å². The van der Waals surface area contributed by atoms with Crippen molar-refractivity contribution in [3.05, 3.63) is 11.6 Å². The third-order valence-corrected chi connectivity index (χ3v) is 3.92. The van der Waals surface area contributed by atoms with Crippen molar-refractivity contribution in [3.63, 3.8) is 0 Å². The van der Waals surface area contributed by atoms with Crippen LogP contribution < -0.4 is 0 Å². The van der Waals surface area contributed by atoms with Crippen molar-refractivity contribution in [1.82, 2.24) is 0 Å². The number of ketones is 2. The second kappa shape index (κ2) is 4.75. The summed E-state index contributed by atoms with van der Waals surface area (Å²) in [6, 6.07) is 0. The molecule has 2 heteroatoms. The summed E-state index contributed by atoms with van der Waals surface area (Å²) in [6.07, 6.45) is 2.94. The smallest absolute Gasteiger partial charge is 0.134 e. The first-order valence-electron chi connectivity index (χ1n) is 6.32. The maximum Gasteiger partial charge on any atom is 0.134 e. The van der Waals surface area contributed by atoms with Gasteiger partial charge in [-0.05, 0) is 45.4 Å². The lowest BCUT2D eigenvalue weighted by molar-refractivity contribution is -0.124. The first-order chi connectivity index (χ1) is 7.66. The molecule has 3 unspecified atom stereocenters. The molecule has 1 rings (SSSR count). The Morgan fingerprint density at radius 3 is 1.94 bits per heavy atom. The van der Waals surface area contributed by atoms with E-state index in [1.807, 2.05) is 13.8 Å². The molecule has 0 heterocycles. The minimum absolute atomic E-state index is 0.00815. The van der Waals surface area contributed by atoms with E-state index >= 15 is 0 Å². The number of carbonyl (C=O) groups is 2. The van der Waals surface area contributed by atoms with E-state index in [4.69, 9.17) is 0 Å². The molecule has 0 aromatic rings. The lowest BCUT2D eigenvalue weighted by atomic mass is 9.76. The molecular weight excluding hydrogens is 212 g/mol. The monoisotopic (exact) mass is 236 g/mol. The van der Waals surface area contributed by atoms with Crippen molar-refractivity contribution < 1.29 is 9.59 Å². The zero-order valence-corrected chi connectivity index (χ0v) is 11.8. The molecule has 96 valence electrons. The molecule has 0 bridgehead atoms. The van der Waals surface area contributed by atoms with Crippen LogP contribution in [0, 0.1) is 23.2 Å². The summed E-state index contributed by atoms with van der Waals surface area (Å²) in [5, 5.41) is 0. The van der Waals surface area contributed by atoms with Gasteiger partial charge in [0.1, 0.15) is 11.6 Å². The molecule has 2 nitrogen and oxygen atoms in total. The van der Waals surface area contributed by atoms with Gasteiger partial charge >= 0.3 is 0 Å². The van der Waals surface area contributed by atoms with Gasteiger partial charge in [0.25, 0.3) is 0 Å². The third-order valence-electron chi connectivity index (χ3n) is 3.92. The van der Waals surface area contributed by atoms with Gasteiger partial charge in [0.15, 0.2) is 0 Å². The Bertz CT molecular complexity index is 359. The molecule has 1 aliphatic rings. The van der Waals surface area contributed by atoms with Crippen molar-refractivity contribution in [1.29, 1.82) is 0 Å². The van der Waals surface area contributed by atoms with Crippen LogP contribution in [0.15, 0.2) is 11.6 Å². The summed E-state index contributed by atoms with van der Waals surface area (Å²) in [5.41, 5.74) is 1.11. The molecule has 0 N–H and O–H groups in total. The Morgan fingerprint density at radius 1 is 1.06 bits per heavy atom. The maximum absolute atomic E-state index is 11.9. The lowest BCUT2D eigenvalue weighted by Gasteiger charge is -2.27. The van der Waals surface area contributed by atoms with Gasteiger partial charge in [-0.2, -0.15) is 0 Å². The highest BCUT2D eigenvalue weighted by atomic mass is 16.1. The number of hydrogen-bond donors (Lipinski definition) is 0. The zero-order valence-electron chi connectivity index (χ0n) is 11.8. The van der Waals surface area contributed by atoms with Crippen LogP contribution in [-0.4, -0.2) is 11.6 Å². The van der Waals surface area contributed by atoms with Gasteiger partial charge in [0.05, 0.1) is 0 Å². The topological polar surface area (TPSA) is 34.1 Å². The van der Waals surface area contributed by atoms with Crippen molar-refractivity contribution in [2.24, 2.45) is 23.2 Å². The highest BCUT2D eigenvalue weighted by Gasteiger charge is 2.50. The van der Waals surface area contributed by atoms with Crippen LogP contribution in [0.1, 0.15) is 48.0 Å². The minimum atomic E-state index is -0.0706. The number of allylic oxidation sites excluding steroid dienone is 2. The zero-order chi connectivity index (χ0) is 13.4. The second-order valence-electron chi connectivity index (χ2n) is 6.32. The predicted octanol–water partition coefficient (Wildman–Crippen LogP) is 3.41. The van der Waals surface area contributed by atoms with E-state index in [0.717, 1.165) is 6.42 Å². The highest BCUT2D eigenvalue weighted by Crippen LogP contribution is 2.51. The van der Waals surface area contributed by atoms with Crippen LogP contribution in [0.5, 0.6) is 0 Å². The fraction of sp³-hybridized carbons (Fsp3) is 0.733. The fourth-order valence-corrected chi connectivity index (χ4v) is 3.42. The van der Waals surface area contributed by atoms with E-state index in [1.165, 1.54) is 5.57 Å². The van der Waals surface area contributed by atoms with Crippen molar-refractivity contribution in [3.8, 4) is 0 Å². The number of hydrogen-bond acceptors (Lipinski definition) is 2. The third kappa shape index (κ3) is 2.85. The van der Waals surface area contributed by atoms with E-state index in [9.17, 15) is 9.59 Å². The van der Waals surface area contributed by atoms with Crippen LogP contribution in [-0.2, 0) is 9.59 Å². The normalized spacial score (nSPS) is 31.1. The van der Waals surface area contributed by atoms with E-state index in [2.05, 4.69) is 19.9 Å². The largest absolute Gasteiger partial charge is 0.300 e. The van der Waals surface area contributed by atoms with Gasteiger partial charge in [-0.3, -0.25) is 9.59 Å². The predicted molar refractivity (Wildman–Crippen MR) is 69.7 cm³/mol.